The number of benzene rings is 3. The molecule has 3 nitrogen and oxygen atoms in total. The molecule has 2 aliphatic heterocycles. The predicted octanol–water partition coefficient (Wildman–Crippen LogP) is 7.74. The van der Waals surface area contributed by atoms with Gasteiger partial charge >= 0.3 is 0 Å². The van der Waals surface area contributed by atoms with Crippen LogP contribution in [-0.4, -0.2) is 17.0 Å². The Bertz CT molecular complexity index is 1350. The number of aryl methyl sites for hydroxylation is 1. The zero-order valence-electron chi connectivity index (χ0n) is 22.0. The lowest BCUT2D eigenvalue weighted by molar-refractivity contribution is 0.0970. The Hall–Kier alpha value is -3.33. The van der Waals surface area contributed by atoms with Crippen molar-refractivity contribution >= 4 is 22.9 Å². The zero-order chi connectivity index (χ0) is 25.2. The minimum Gasteiger partial charge on any atom is -0.380 e. The highest BCUT2D eigenvalue weighted by molar-refractivity contribution is 6.10. The molecule has 0 bridgehead atoms. The van der Waals surface area contributed by atoms with Gasteiger partial charge in [-0.1, -0.05) is 55.0 Å². The van der Waals surface area contributed by atoms with E-state index in [1.807, 2.05) is 36.1 Å². The molecule has 1 atom stereocenters. The number of amides is 1. The molecule has 0 aliphatic carbocycles. The van der Waals surface area contributed by atoms with E-state index in [2.05, 4.69) is 95.4 Å². The first-order chi connectivity index (χ1) is 16.4. The van der Waals surface area contributed by atoms with E-state index in [0.29, 0.717) is 5.56 Å². The number of hydrogen-bond acceptors (Lipinski definition) is 2. The number of rotatable bonds is 2. The van der Waals surface area contributed by atoms with Crippen LogP contribution in [0.3, 0.4) is 0 Å². The van der Waals surface area contributed by atoms with Gasteiger partial charge in [-0.05, 0) is 95.0 Å². The topological polar surface area (TPSA) is 32.3 Å². The number of carbonyl (C=O) groups is 1. The Balaban J connectivity index is 1.64. The molecule has 0 saturated carbocycles. The Labute approximate surface area is 209 Å². The monoisotopic (exact) mass is 464 g/mol. The van der Waals surface area contributed by atoms with Gasteiger partial charge in [-0.25, -0.2) is 0 Å². The molecule has 1 N–H and O–H groups in total. The first-order valence-corrected chi connectivity index (χ1v) is 12.5. The lowest BCUT2D eigenvalue weighted by atomic mass is 9.65. The predicted molar refractivity (Wildman–Crippen MR) is 147 cm³/mol. The molecule has 0 unspecified atom stereocenters. The van der Waals surface area contributed by atoms with Crippen LogP contribution in [0.1, 0.15) is 80.6 Å². The van der Waals surface area contributed by atoms with Crippen molar-refractivity contribution < 1.29 is 4.79 Å². The second-order valence-electron chi connectivity index (χ2n) is 11.8. The van der Waals surface area contributed by atoms with E-state index in [4.69, 9.17) is 0 Å². The summed E-state index contributed by atoms with van der Waals surface area (Å²) in [6.07, 6.45) is 3.21. The summed E-state index contributed by atoms with van der Waals surface area (Å²) in [6.45, 7) is 15.4. The van der Waals surface area contributed by atoms with Gasteiger partial charge in [-0.3, -0.25) is 9.69 Å². The van der Waals surface area contributed by atoms with Crippen molar-refractivity contribution in [2.75, 3.05) is 10.2 Å². The minimum absolute atomic E-state index is 0.0284. The molecule has 0 spiro atoms. The van der Waals surface area contributed by atoms with Crippen LogP contribution in [0.25, 0.3) is 5.57 Å². The number of carbonyl (C=O) groups excluding carboxylic acids is 1. The molecule has 5 rings (SSSR count). The van der Waals surface area contributed by atoms with E-state index in [1.165, 1.54) is 22.4 Å². The van der Waals surface area contributed by atoms with Crippen molar-refractivity contribution in [3.63, 3.8) is 0 Å². The van der Waals surface area contributed by atoms with Gasteiger partial charge in [-0.2, -0.15) is 0 Å². The number of hydrogen-bond donors (Lipinski definition) is 1. The standard InChI is InChI=1S/C32H36N2O/c1-21-12-14-23(15-13-21)29(35)34-28-17-16-24(18-25(28)22(2)19-31(34,5)6)32(7)20-30(3,4)33-27-11-9-8-10-26(27)32/h8-19,33H,20H2,1-7H3/t32-/m0/s1. The Morgan fingerprint density at radius 2 is 1.57 bits per heavy atom. The highest BCUT2D eigenvalue weighted by atomic mass is 16.2. The van der Waals surface area contributed by atoms with Crippen LogP contribution in [0.2, 0.25) is 0 Å². The van der Waals surface area contributed by atoms with Gasteiger partial charge in [0.15, 0.2) is 0 Å². The highest BCUT2D eigenvalue weighted by Crippen LogP contribution is 2.49. The van der Waals surface area contributed by atoms with Gasteiger partial charge in [0, 0.05) is 27.8 Å². The van der Waals surface area contributed by atoms with E-state index in [0.717, 1.165) is 23.2 Å². The van der Waals surface area contributed by atoms with Gasteiger partial charge in [0.2, 0.25) is 0 Å². The molecular weight excluding hydrogens is 428 g/mol. The molecular formula is C32H36N2O. The maximum Gasteiger partial charge on any atom is 0.259 e. The third-order valence-corrected chi connectivity index (χ3v) is 7.74. The summed E-state index contributed by atoms with van der Waals surface area (Å²) in [6, 6.07) is 23.3. The van der Waals surface area contributed by atoms with Crippen LogP contribution < -0.4 is 10.2 Å². The second kappa shape index (κ2) is 7.84. The van der Waals surface area contributed by atoms with Crippen LogP contribution in [0.4, 0.5) is 11.4 Å². The normalized spacial score (nSPS) is 21.9. The lowest BCUT2D eigenvalue weighted by Crippen LogP contribution is -2.49. The summed E-state index contributed by atoms with van der Waals surface area (Å²) in [5, 5.41) is 3.72. The lowest BCUT2D eigenvalue weighted by Gasteiger charge is -2.47. The average molecular weight is 465 g/mol. The number of nitrogens with one attached hydrogen (secondary N) is 1. The number of nitrogens with zero attached hydrogens (tertiary/aromatic N) is 1. The molecule has 0 radical (unpaired) electrons. The maximum atomic E-state index is 13.8. The summed E-state index contributed by atoms with van der Waals surface area (Å²) in [7, 11) is 0. The fourth-order valence-electron chi connectivity index (χ4n) is 6.29. The molecule has 3 aromatic carbocycles. The van der Waals surface area contributed by atoms with Crippen LogP contribution in [0.15, 0.2) is 72.8 Å². The Morgan fingerprint density at radius 1 is 0.886 bits per heavy atom. The first kappa shape index (κ1) is 23.4. The van der Waals surface area contributed by atoms with Crippen LogP contribution in [0.5, 0.6) is 0 Å². The van der Waals surface area contributed by atoms with Crippen molar-refractivity contribution in [3.05, 3.63) is 101 Å². The summed E-state index contributed by atoms with van der Waals surface area (Å²) in [5.41, 5.74) is 8.42. The van der Waals surface area contributed by atoms with Crippen molar-refractivity contribution in [1.82, 2.24) is 0 Å². The summed E-state index contributed by atoms with van der Waals surface area (Å²) in [5.74, 6) is 0.0345. The van der Waals surface area contributed by atoms with Crippen molar-refractivity contribution in [2.24, 2.45) is 0 Å². The van der Waals surface area contributed by atoms with Crippen molar-refractivity contribution in [3.8, 4) is 0 Å². The molecule has 3 heteroatoms. The number of fused-ring (bicyclic) bond motifs is 2. The first-order valence-electron chi connectivity index (χ1n) is 12.5. The molecule has 2 heterocycles. The molecule has 180 valence electrons. The number of para-hydroxylation sites is 1. The average Bonchev–Trinajstić information content (AvgIpc) is 2.78. The molecule has 1 amide bonds. The Kier molecular flexibility index (Phi) is 5.25. The van der Waals surface area contributed by atoms with E-state index >= 15 is 0 Å². The van der Waals surface area contributed by atoms with E-state index < -0.39 is 5.54 Å². The van der Waals surface area contributed by atoms with Gasteiger partial charge in [0.05, 0.1) is 11.2 Å². The van der Waals surface area contributed by atoms with Gasteiger partial charge in [0.1, 0.15) is 0 Å². The van der Waals surface area contributed by atoms with Gasteiger partial charge in [-0.15, -0.1) is 0 Å². The number of anilines is 2. The third-order valence-electron chi connectivity index (χ3n) is 7.74. The fraction of sp³-hybridized carbons (Fsp3) is 0.344. The zero-order valence-corrected chi connectivity index (χ0v) is 22.0. The Morgan fingerprint density at radius 3 is 2.29 bits per heavy atom. The minimum atomic E-state index is -0.423. The second-order valence-corrected chi connectivity index (χ2v) is 11.8. The summed E-state index contributed by atoms with van der Waals surface area (Å²) in [4.78, 5) is 15.7. The summed E-state index contributed by atoms with van der Waals surface area (Å²) < 4.78 is 0. The molecule has 2 aliphatic rings. The van der Waals surface area contributed by atoms with Gasteiger partial charge in [0.25, 0.3) is 5.91 Å². The SMILES string of the molecule is CC1=CC(C)(C)N(C(=O)c2ccc(C)cc2)c2ccc([C@]3(C)CC(C)(C)Nc4ccccc43)cc21. The van der Waals surface area contributed by atoms with Crippen molar-refractivity contribution in [1.29, 1.82) is 0 Å². The van der Waals surface area contributed by atoms with E-state index in [9.17, 15) is 4.79 Å². The highest BCUT2D eigenvalue weighted by Gasteiger charge is 2.43. The largest absolute Gasteiger partial charge is 0.380 e. The van der Waals surface area contributed by atoms with Crippen molar-refractivity contribution in [2.45, 2.75) is 71.4 Å². The van der Waals surface area contributed by atoms with Crippen LogP contribution in [0, 0.1) is 6.92 Å². The fourth-order valence-corrected chi connectivity index (χ4v) is 6.29. The quantitative estimate of drug-likeness (QED) is 0.421. The van der Waals surface area contributed by atoms with Crippen LogP contribution >= 0.6 is 0 Å². The van der Waals surface area contributed by atoms with E-state index in [1.54, 1.807) is 0 Å². The molecule has 0 fully saturated rings. The maximum absolute atomic E-state index is 13.8. The molecule has 3 aromatic rings. The summed E-state index contributed by atoms with van der Waals surface area (Å²) >= 11 is 0. The molecule has 0 saturated heterocycles. The smallest absolute Gasteiger partial charge is 0.259 e. The van der Waals surface area contributed by atoms with Crippen LogP contribution in [-0.2, 0) is 5.41 Å². The van der Waals surface area contributed by atoms with Gasteiger partial charge < -0.3 is 5.32 Å². The third kappa shape index (κ3) is 3.87. The molecule has 35 heavy (non-hydrogen) atoms. The van der Waals surface area contributed by atoms with E-state index in [-0.39, 0.29) is 16.9 Å². The number of allylic oxidation sites excluding steroid dienone is 1. The molecule has 0 aromatic heterocycles.